The van der Waals surface area contributed by atoms with Crippen molar-refractivity contribution < 1.29 is 4.39 Å². The minimum Gasteiger partial charge on any atom is -0.245 e. The number of thioether (sulfide) groups is 1. The lowest BCUT2D eigenvalue weighted by Crippen LogP contribution is -2.06. The van der Waals surface area contributed by atoms with Gasteiger partial charge in [0.05, 0.1) is 5.02 Å². The molecular formula is C10H13ClFNS. The second-order valence-electron chi connectivity index (χ2n) is 3.51. The summed E-state index contributed by atoms with van der Waals surface area (Å²) in [4.78, 5) is 3.96. The minimum absolute atomic E-state index is 0.337. The molecule has 0 radical (unpaired) electrons. The van der Waals surface area contributed by atoms with Crippen molar-refractivity contribution in [1.29, 1.82) is 0 Å². The quantitative estimate of drug-likeness (QED) is 0.732. The Hall–Kier alpha value is -0.280. The molecule has 1 rings (SSSR count). The van der Waals surface area contributed by atoms with Gasteiger partial charge in [-0.15, -0.1) is 11.8 Å². The van der Waals surface area contributed by atoms with E-state index in [0.717, 1.165) is 0 Å². The van der Waals surface area contributed by atoms with E-state index < -0.39 is 0 Å². The average molecular weight is 234 g/mol. The smallest absolute Gasteiger partial charge is 0.156 e. The topological polar surface area (TPSA) is 12.9 Å². The molecule has 0 fully saturated rings. The summed E-state index contributed by atoms with van der Waals surface area (Å²) in [5, 5.41) is 1.11. The van der Waals surface area contributed by atoms with Crippen LogP contribution in [0.4, 0.5) is 4.39 Å². The highest BCUT2D eigenvalue weighted by atomic mass is 35.5. The van der Waals surface area contributed by atoms with E-state index in [2.05, 4.69) is 25.8 Å². The van der Waals surface area contributed by atoms with Gasteiger partial charge in [0.25, 0.3) is 0 Å². The minimum atomic E-state index is -0.338. The van der Waals surface area contributed by atoms with Gasteiger partial charge in [-0.1, -0.05) is 32.4 Å². The summed E-state index contributed by atoms with van der Waals surface area (Å²) in [5.41, 5.74) is 0. The molecule has 0 aromatic carbocycles. The van der Waals surface area contributed by atoms with Crippen molar-refractivity contribution >= 4 is 23.4 Å². The fourth-order valence-electron chi connectivity index (χ4n) is 0.801. The van der Waals surface area contributed by atoms with Crippen molar-refractivity contribution in [3.05, 3.63) is 23.1 Å². The molecule has 14 heavy (non-hydrogen) atoms. The highest BCUT2D eigenvalue weighted by molar-refractivity contribution is 7.99. The zero-order valence-corrected chi connectivity index (χ0v) is 9.99. The largest absolute Gasteiger partial charge is 0.245 e. The van der Waals surface area contributed by atoms with Gasteiger partial charge in [-0.2, -0.15) is 0 Å². The van der Waals surface area contributed by atoms with E-state index >= 15 is 0 Å². The van der Waals surface area contributed by atoms with Crippen molar-refractivity contribution in [2.45, 2.75) is 31.0 Å². The molecule has 1 aromatic heterocycles. The maximum atomic E-state index is 13.3. The second kappa shape index (κ2) is 4.99. The molecule has 1 heterocycles. The van der Waals surface area contributed by atoms with Gasteiger partial charge < -0.3 is 0 Å². The van der Waals surface area contributed by atoms with Crippen molar-refractivity contribution in [1.82, 2.24) is 4.98 Å². The van der Waals surface area contributed by atoms with E-state index in [-0.39, 0.29) is 5.82 Å². The van der Waals surface area contributed by atoms with Gasteiger partial charge >= 0.3 is 0 Å². The molecule has 0 aliphatic heterocycles. The molecule has 1 aromatic rings. The Morgan fingerprint density at radius 1 is 1.43 bits per heavy atom. The van der Waals surface area contributed by atoms with E-state index in [1.54, 1.807) is 0 Å². The summed E-state index contributed by atoms with van der Waals surface area (Å²) in [5.74, 6) is 0.159. The molecule has 1 nitrogen and oxygen atoms in total. The molecule has 0 bridgehead atoms. The Balaban J connectivity index is 2.77. The summed E-state index contributed by atoms with van der Waals surface area (Å²) >= 11 is 7.05. The lowest BCUT2D eigenvalue weighted by molar-refractivity contribution is 0.583. The molecule has 0 saturated heterocycles. The molecule has 1 unspecified atom stereocenters. The van der Waals surface area contributed by atoms with Crippen LogP contribution in [0.2, 0.25) is 5.02 Å². The second-order valence-corrected chi connectivity index (χ2v) is 5.31. The zero-order chi connectivity index (χ0) is 10.7. The van der Waals surface area contributed by atoms with Gasteiger partial charge in [-0.05, 0) is 12.0 Å². The van der Waals surface area contributed by atoms with Gasteiger partial charge in [0.15, 0.2) is 5.82 Å². The van der Waals surface area contributed by atoms with Crippen LogP contribution < -0.4 is 0 Å². The van der Waals surface area contributed by atoms with Crippen LogP contribution >= 0.6 is 23.4 Å². The highest BCUT2D eigenvalue weighted by Gasteiger charge is 2.13. The first-order valence-electron chi connectivity index (χ1n) is 4.48. The third kappa shape index (κ3) is 3.14. The number of hydrogen-bond donors (Lipinski definition) is 0. The monoisotopic (exact) mass is 233 g/mol. The number of halogens is 2. The third-order valence-electron chi connectivity index (χ3n) is 2.01. The van der Waals surface area contributed by atoms with E-state index in [1.807, 2.05) is 0 Å². The third-order valence-corrected chi connectivity index (χ3v) is 3.66. The number of rotatable bonds is 3. The first kappa shape index (κ1) is 11.8. The standard InChI is InChI=1S/C10H13ClFNS/c1-6(2)7(3)14-10-9(12)4-8(11)5-13-10/h4-7H,1-3H3. The fourth-order valence-corrected chi connectivity index (χ4v) is 1.85. The maximum absolute atomic E-state index is 13.3. The zero-order valence-electron chi connectivity index (χ0n) is 8.42. The Kier molecular flexibility index (Phi) is 4.20. The van der Waals surface area contributed by atoms with Crippen LogP contribution in [-0.4, -0.2) is 10.2 Å². The Labute approximate surface area is 93.1 Å². The Bertz CT molecular complexity index is 317. The van der Waals surface area contributed by atoms with Gasteiger partial charge in [0.1, 0.15) is 5.03 Å². The number of aromatic nitrogens is 1. The van der Waals surface area contributed by atoms with Crippen molar-refractivity contribution in [2.24, 2.45) is 5.92 Å². The number of nitrogens with zero attached hydrogens (tertiary/aromatic N) is 1. The number of hydrogen-bond acceptors (Lipinski definition) is 2. The molecule has 0 N–H and O–H groups in total. The molecular weight excluding hydrogens is 221 g/mol. The van der Waals surface area contributed by atoms with Gasteiger partial charge in [0, 0.05) is 11.4 Å². The predicted octanol–water partition coefficient (Wildman–Crippen LogP) is 4.01. The molecule has 0 aliphatic carbocycles. The molecule has 0 aliphatic rings. The van der Waals surface area contributed by atoms with Crippen LogP contribution in [0.15, 0.2) is 17.3 Å². The van der Waals surface area contributed by atoms with Crippen molar-refractivity contribution in [3.8, 4) is 0 Å². The summed E-state index contributed by atoms with van der Waals surface area (Å²) in [6, 6.07) is 1.30. The highest BCUT2D eigenvalue weighted by Crippen LogP contribution is 2.28. The average Bonchev–Trinajstić information content (AvgIpc) is 2.09. The lowest BCUT2D eigenvalue weighted by atomic mass is 10.2. The van der Waals surface area contributed by atoms with Crippen LogP contribution in [0.1, 0.15) is 20.8 Å². The van der Waals surface area contributed by atoms with E-state index in [9.17, 15) is 4.39 Å². The first-order chi connectivity index (χ1) is 6.50. The summed E-state index contributed by atoms with van der Waals surface area (Å²) in [7, 11) is 0. The Morgan fingerprint density at radius 3 is 2.57 bits per heavy atom. The van der Waals surface area contributed by atoms with Crippen LogP contribution in [0, 0.1) is 11.7 Å². The maximum Gasteiger partial charge on any atom is 0.156 e. The van der Waals surface area contributed by atoms with E-state index in [0.29, 0.717) is 21.2 Å². The fraction of sp³-hybridized carbons (Fsp3) is 0.500. The van der Waals surface area contributed by atoms with Crippen LogP contribution in [0.3, 0.4) is 0 Å². The van der Waals surface area contributed by atoms with Crippen LogP contribution in [0.5, 0.6) is 0 Å². The van der Waals surface area contributed by atoms with Gasteiger partial charge in [0.2, 0.25) is 0 Å². The molecule has 78 valence electrons. The molecule has 4 heteroatoms. The Morgan fingerprint density at radius 2 is 2.07 bits per heavy atom. The van der Waals surface area contributed by atoms with E-state index in [1.165, 1.54) is 24.0 Å². The van der Waals surface area contributed by atoms with Crippen LogP contribution in [-0.2, 0) is 0 Å². The van der Waals surface area contributed by atoms with Crippen molar-refractivity contribution in [2.75, 3.05) is 0 Å². The molecule has 0 amide bonds. The van der Waals surface area contributed by atoms with Crippen LogP contribution in [0.25, 0.3) is 0 Å². The van der Waals surface area contributed by atoms with Gasteiger partial charge in [-0.3, -0.25) is 0 Å². The summed E-state index contributed by atoms with van der Waals surface area (Å²) in [6.45, 7) is 6.27. The number of pyridine rings is 1. The van der Waals surface area contributed by atoms with Gasteiger partial charge in [-0.25, -0.2) is 9.37 Å². The summed E-state index contributed by atoms with van der Waals surface area (Å²) in [6.07, 6.45) is 1.47. The van der Waals surface area contributed by atoms with E-state index in [4.69, 9.17) is 11.6 Å². The SMILES string of the molecule is CC(C)C(C)Sc1ncc(Cl)cc1F. The lowest BCUT2D eigenvalue weighted by Gasteiger charge is -2.14. The normalized spacial score (nSPS) is 13.3. The first-order valence-corrected chi connectivity index (χ1v) is 5.74. The molecule has 0 saturated carbocycles. The summed E-state index contributed by atoms with van der Waals surface area (Å²) < 4.78 is 13.3. The molecule has 0 spiro atoms. The van der Waals surface area contributed by atoms with Crippen molar-refractivity contribution in [3.63, 3.8) is 0 Å². The predicted molar refractivity (Wildman–Crippen MR) is 59.4 cm³/mol. The molecule has 1 atom stereocenters.